The first kappa shape index (κ1) is 14.6. The Morgan fingerprint density at radius 3 is 3.05 bits per heavy atom. The molecule has 0 aliphatic carbocycles. The van der Waals surface area contributed by atoms with Crippen LogP contribution in [0.3, 0.4) is 0 Å². The first-order valence-corrected chi connectivity index (χ1v) is 7.90. The minimum Gasteiger partial charge on any atom is -0.460 e. The average Bonchev–Trinajstić information content (AvgIpc) is 2.94. The maximum atomic E-state index is 9.40. The molecule has 4 nitrogen and oxygen atoms in total. The van der Waals surface area contributed by atoms with Crippen LogP contribution in [0, 0.1) is 0 Å². The van der Waals surface area contributed by atoms with Crippen LogP contribution < -0.4 is 5.32 Å². The van der Waals surface area contributed by atoms with Gasteiger partial charge in [-0.05, 0) is 31.5 Å². The summed E-state index contributed by atoms with van der Waals surface area (Å²) in [5.74, 6) is 0.980. The molecule has 4 heteroatoms. The molecule has 0 radical (unpaired) electrons. The highest BCUT2D eigenvalue weighted by atomic mass is 16.3. The molecule has 1 saturated heterocycles. The predicted molar refractivity (Wildman–Crippen MR) is 84.2 cm³/mol. The van der Waals surface area contributed by atoms with E-state index in [-0.39, 0.29) is 6.61 Å². The van der Waals surface area contributed by atoms with Gasteiger partial charge in [-0.3, -0.25) is 4.90 Å². The molecule has 0 saturated carbocycles. The van der Waals surface area contributed by atoms with Crippen LogP contribution in [0.25, 0.3) is 11.0 Å². The number of nitrogens with zero attached hydrogens (tertiary/aromatic N) is 1. The third-order valence-corrected chi connectivity index (χ3v) is 4.31. The lowest BCUT2D eigenvalue weighted by Crippen LogP contribution is -2.44. The van der Waals surface area contributed by atoms with Crippen LogP contribution in [-0.4, -0.2) is 42.3 Å². The lowest BCUT2D eigenvalue weighted by molar-refractivity contribution is 0.0909. The van der Waals surface area contributed by atoms with Gasteiger partial charge in [0.25, 0.3) is 0 Å². The first-order valence-electron chi connectivity index (χ1n) is 7.90. The molecule has 3 rings (SSSR count). The molecular weight excluding hydrogens is 264 g/mol. The van der Waals surface area contributed by atoms with Gasteiger partial charge in [0.05, 0.1) is 13.2 Å². The van der Waals surface area contributed by atoms with Crippen LogP contribution in [0.2, 0.25) is 0 Å². The summed E-state index contributed by atoms with van der Waals surface area (Å²) in [5.41, 5.74) is 0.950. The fraction of sp³-hybridized carbons (Fsp3) is 0.529. The van der Waals surface area contributed by atoms with Gasteiger partial charge >= 0.3 is 0 Å². The van der Waals surface area contributed by atoms with E-state index in [9.17, 15) is 5.11 Å². The smallest absolute Gasteiger partial charge is 0.134 e. The molecule has 0 amide bonds. The minimum atomic E-state index is 0.281. The molecule has 2 heterocycles. The van der Waals surface area contributed by atoms with E-state index in [0.717, 1.165) is 49.3 Å². The molecule has 1 aromatic carbocycles. The lowest BCUT2D eigenvalue weighted by atomic mass is 10.0. The Labute approximate surface area is 125 Å². The number of benzene rings is 1. The van der Waals surface area contributed by atoms with Crippen LogP contribution in [0.1, 0.15) is 25.0 Å². The van der Waals surface area contributed by atoms with Crippen molar-refractivity contribution in [3.05, 3.63) is 36.1 Å². The largest absolute Gasteiger partial charge is 0.460 e. The average molecular weight is 288 g/mol. The summed E-state index contributed by atoms with van der Waals surface area (Å²) >= 11 is 0. The van der Waals surface area contributed by atoms with Gasteiger partial charge in [0.15, 0.2) is 0 Å². The summed E-state index contributed by atoms with van der Waals surface area (Å²) in [6, 6.07) is 10.5. The van der Waals surface area contributed by atoms with E-state index >= 15 is 0 Å². The molecule has 1 aliphatic rings. The Balaban J connectivity index is 1.45. The molecule has 1 aliphatic heterocycles. The van der Waals surface area contributed by atoms with E-state index < -0.39 is 0 Å². The molecule has 114 valence electrons. The maximum absolute atomic E-state index is 9.40. The van der Waals surface area contributed by atoms with E-state index in [1.165, 1.54) is 12.8 Å². The number of hydrogen-bond acceptors (Lipinski definition) is 4. The Morgan fingerprint density at radius 1 is 1.29 bits per heavy atom. The Bertz CT molecular complexity index is 534. The highest BCUT2D eigenvalue weighted by molar-refractivity contribution is 5.77. The van der Waals surface area contributed by atoms with Crippen molar-refractivity contribution in [2.45, 2.75) is 31.8 Å². The standard InChI is InChI=1S/C17H24N2O2/c20-13-15-6-3-4-9-19(15)10-8-18-12-16-11-14-5-1-2-7-17(14)21-16/h1-2,5,7,11,15,18,20H,3-4,6,8-10,12-13H2. The van der Waals surface area contributed by atoms with Gasteiger partial charge in [-0.2, -0.15) is 0 Å². The van der Waals surface area contributed by atoms with Gasteiger partial charge in [-0.1, -0.05) is 24.6 Å². The molecule has 2 N–H and O–H groups in total. The number of hydrogen-bond donors (Lipinski definition) is 2. The number of rotatable bonds is 6. The maximum Gasteiger partial charge on any atom is 0.134 e. The van der Waals surface area contributed by atoms with E-state index in [4.69, 9.17) is 4.42 Å². The van der Waals surface area contributed by atoms with E-state index in [1.807, 2.05) is 18.2 Å². The Hall–Kier alpha value is -1.36. The molecule has 0 bridgehead atoms. The zero-order valence-corrected chi connectivity index (χ0v) is 12.4. The topological polar surface area (TPSA) is 48.6 Å². The number of piperidine rings is 1. The lowest BCUT2D eigenvalue weighted by Gasteiger charge is -2.34. The van der Waals surface area contributed by atoms with Crippen molar-refractivity contribution in [3.8, 4) is 0 Å². The molecule has 1 unspecified atom stereocenters. The predicted octanol–water partition coefficient (Wildman–Crippen LogP) is 2.37. The van der Waals surface area contributed by atoms with Gasteiger partial charge < -0.3 is 14.8 Å². The molecule has 1 aromatic heterocycles. The van der Waals surface area contributed by atoms with Gasteiger partial charge in [0.1, 0.15) is 11.3 Å². The second-order valence-corrected chi connectivity index (χ2v) is 5.80. The van der Waals surface area contributed by atoms with Crippen LogP contribution in [0.5, 0.6) is 0 Å². The number of aliphatic hydroxyl groups excluding tert-OH is 1. The quantitative estimate of drug-likeness (QED) is 0.801. The summed E-state index contributed by atoms with van der Waals surface area (Å²) in [6.45, 7) is 4.06. The molecule has 1 atom stereocenters. The van der Waals surface area contributed by atoms with E-state index in [1.54, 1.807) is 0 Å². The number of aliphatic hydroxyl groups is 1. The van der Waals surface area contributed by atoms with Crippen LogP contribution in [0.4, 0.5) is 0 Å². The number of nitrogens with one attached hydrogen (secondary N) is 1. The highest BCUT2D eigenvalue weighted by Crippen LogP contribution is 2.18. The van der Waals surface area contributed by atoms with Crippen molar-refractivity contribution < 1.29 is 9.52 Å². The van der Waals surface area contributed by atoms with E-state index in [0.29, 0.717) is 6.04 Å². The summed E-state index contributed by atoms with van der Waals surface area (Å²) in [5, 5.41) is 14.0. The Morgan fingerprint density at radius 2 is 2.19 bits per heavy atom. The fourth-order valence-corrected chi connectivity index (χ4v) is 3.12. The molecule has 0 spiro atoms. The number of likely N-dealkylation sites (tertiary alicyclic amines) is 1. The van der Waals surface area contributed by atoms with Gasteiger partial charge in [0.2, 0.25) is 0 Å². The Kier molecular flexibility index (Phi) is 4.91. The third-order valence-electron chi connectivity index (χ3n) is 4.31. The SMILES string of the molecule is OCC1CCCCN1CCNCc1cc2ccccc2o1. The van der Waals surface area contributed by atoms with Crippen molar-refractivity contribution >= 4 is 11.0 Å². The summed E-state index contributed by atoms with van der Waals surface area (Å²) < 4.78 is 5.79. The van der Waals surface area contributed by atoms with E-state index in [2.05, 4.69) is 22.3 Å². The van der Waals surface area contributed by atoms with Gasteiger partial charge in [-0.15, -0.1) is 0 Å². The molecular formula is C17H24N2O2. The molecule has 21 heavy (non-hydrogen) atoms. The summed E-state index contributed by atoms with van der Waals surface area (Å²) in [7, 11) is 0. The number of furan rings is 1. The second kappa shape index (κ2) is 7.07. The summed E-state index contributed by atoms with van der Waals surface area (Å²) in [6.07, 6.45) is 3.62. The van der Waals surface area contributed by atoms with Crippen molar-refractivity contribution in [2.24, 2.45) is 0 Å². The van der Waals surface area contributed by atoms with Crippen molar-refractivity contribution in [3.63, 3.8) is 0 Å². The monoisotopic (exact) mass is 288 g/mol. The molecule has 2 aromatic rings. The minimum absolute atomic E-state index is 0.281. The highest BCUT2D eigenvalue weighted by Gasteiger charge is 2.20. The first-order chi connectivity index (χ1) is 10.4. The van der Waals surface area contributed by atoms with Crippen LogP contribution in [-0.2, 0) is 6.54 Å². The van der Waals surface area contributed by atoms with Crippen molar-refractivity contribution in [1.29, 1.82) is 0 Å². The normalized spacial score (nSPS) is 20.1. The fourth-order valence-electron chi connectivity index (χ4n) is 3.12. The van der Waals surface area contributed by atoms with Crippen LogP contribution in [0.15, 0.2) is 34.7 Å². The number of fused-ring (bicyclic) bond motifs is 1. The van der Waals surface area contributed by atoms with Crippen LogP contribution >= 0.6 is 0 Å². The second-order valence-electron chi connectivity index (χ2n) is 5.80. The van der Waals surface area contributed by atoms with Gasteiger partial charge in [0, 0.05) is 24.5 Å². The molecule has 1 fully saturated rings. The zero-order valence-electron chi connectivity index (χ0n) is 12.4. The zero-order chi connectivity index (χ0) is 14.5. The summed E-state index contributed by atoms with van der Waals surface area (Å²) in [4.78, 5) is 2.40. The van der Waals surface area contributed by atoms with Gasteiger partial charge in [-0.25, -0.2) is 0 Å². The third kappa shape index (κ3) is 3.64. The van der Waals surface area contributed by atoms with Crippen molar-refractivity contribution in [2.75, 3.05) is 26.2 Å². The van der Waals surface area contributed by atoms with Crippen molar-refractivity contribution in [1.82, 2.24) is 10.2 Å². The number of para-hydroxylation sites is 1.